The highest BCUT2D eigenvalue weighted by molar-refractivity contribution is 7.15. The van der Waals surface area contributed by atoms with E-state index in [1.165, 1.54) is 7.11 Å². The number of esters is 1. The zero-order valence-corrected chi connectivity index (χ0v) is 10.9. The van der Waals surface area contributed by atoms with Crippen LogP contribution >= 0.6 is 11.3 Å². The number of methoxy groups -OCH3 is 1. The zero-order valence-electron chi connectivity index (χ0n) is 10.1. The monoisotopic (exact) mass is 256 g/mol. The molecule has 0 radical (unpaired) electrons. The molecule has 0 aliphatic carbocycles. The number of hydrogen-bond donors (Lipinski definition) is 0. The van der Waals surface area contributed by atoms with Crippen LogP contribution in [0.4, 0.5) is 5.13 Å². The SMILES string of the molecule is COC(=O)Cc1nc(N2CCOCC2)sc1C. The second-order valence-corrected chi connectivity index (χ2v) is 5.03. The van der Waals surface area contributed by atoms with Gasteiger partial charge in [0.2, 0.25) is 0 Å². The molecule has 0 aromatic carbocycles. The number of aromatic nitrogens is 1. The van der Waals surface area contributed by atoms with Gasteiger partial charge in [0.25, 0.3) is 0 Å². The van der Waals surface area contributed by atoms with Gasteiger partial charge in [0.05, 0.1) is 32.4 Å². The van der Waals surface area contributed by atoms with Crippen molar-refractivity contribution in [2.45, 2.75) is 13.3 Å². The maximum absolute atomic E-state index is 11.2. The van der Waals surface area contributed by atoms with Crippen molar-refractivity contribution < 1.29 is 14.3 Å². The van der Waals surface area contributed by atoms with Crippen molar-refractivity contribution in [3.05, 3.63) is 10.6 Å². The predicted molar refractivity (Wildman–Crippen MR) is 65.6 cm³/mol. The molecule has 1 aliphatic heterocycles. The smallest absolute Gasteiger partial charge is 0.311 e. The minimum absolute atomic E-state index is 0.244. The lowest BCUT2D eigenvalue weighted by atomic mass is 10.3. The first-order valence-electron chi connectivity index (χ1n) is 5.56. The number of rotatable bonds is 3. The Balaban J connectivity index is 2.09. The lowest BCUT2D eigenvalue weighted by molar-refractivity contribution is -0.139. The number of ether oxygens (including phenoxy) is 2. The van der Waals surface area contributed by atoms with Crippen molar-refractivity contribution in [1.82, 2.24) is 4.98 Å². The molecule has 0 amide bonds. The highest BCUT2D eigenvalue weighted by atomic mass is 32.1. The third-order valence-electron chi connectivity index (χ3n) is 2.70. The summed E-state index contributed by atoms with van der Waals surface area (Å²) in [4.78, 5) is 19.0. The van der Waals surface area contributed by atoms with Gasteiger partial charge in [-0.05, 0) is 6.92 Å². The quantitative estimate of drug-likeness (QED) is 0.755. The third-order valence-corrected chi connectivity index (χ3v) is 3.78. The van der Waals surface area contributed by atoms with Gasteiger partial charge in [0.15, 0.2) is 5.13 Å². The van der Waals surface area contributed by atoms with Crippen molar-refractivity contribution >= 4 is 22.4 Å². The van der Waals surface area contributed by atoms with Crippen molar-refractivity contribution in [2.75, 3.05) is 38.3 Å². The molecule has 1 aliphatic rings. The van der Waals surface area contributed by atoms with E-state index in [-0.39, 0.29) is 12.4 Å². The molecule has 94 valence electrons. The van der Waals surface area contributed by atoms with E-state index in [4.69, 9.17) is 4.74 Å². The van der Waals surface area contributed by atoms with E-state index in [1.807, 2.05) is 6.92 Å². The van der Waals surface area contributed by atoms with Gasteiger partial charge in [-0.15, -0.1) is 11.3 Å². The van der Waals surface area contributed by atoms with Crippen LogP contribution in [0.25, 0.3) is 0 Å². The summed E-state index contributed by atoms with van der Waals surface area (Å²) in [5, 5.41) is 0.977. The largest absolute Gasteiger partial charge is 0.469 e. The van der Waals surface area contributed by atoms with Crippen LogP contribution < -0.4 is 4.90 Å². The molecule has 5 nitrogen and oxygen atoms in total. The Morgan fingerprint density at radius 2 is 2.24 bits per heavy atom. The average Bonchev–Trinajstić information content (AvgIpc) is 2.72. The second-order valence-electron chi connectivity index (χ2n) is 3.85. The number of morpholine rings is 1. The minimum Gasteiger partial charge on any atom is -0.469 e. The average molecular weight is 256 g/mol. The van der Waals surface area contributed by atoms with Gasteiger partial charge >= 0.3 is 5.97 Å². The molecule has 2 rings (SSSR count). The Labute approximate surface area is 104 Å². The number of aryl methyl sites for hydroxylation is 1. The van der Waals surface area contributed by atoms with Gasteiger partial charge in [0.1, 0.15) is 0 Å². The fraction of sp³-hybridized carbons (Fsp3) is 0.636. The molecule has 0 N–H and O–H groups in total. The standard InChI is InChI=1S/C11H16N2O3S/c1-8-9(7-10(14)15-2)12-11(17-8)13-3-5-16-6-4-13/h3-7H2,1-2H3. The highest BCUT2D eigenvalue weighted by Gasteiger charge is 2.18. The van der Waals surface area contributed by atoms with Crippen LogP contribution in [-0.2, 0) is 20.7 Å². The molecule has 1 aromatic rings. The molecule has 1 aromatic heterocycles. The van der Waals surface area contributed by atoms with Gasteiger partial charge in [0, 0.05) is 18.0 Å². The summed E-state index contributed by atoms with van der Waals surface area (Å²) in [7, 11) is 1.40. The second kappa shape index (κ2) is 5.46. The summed E-state index contributed by atoms with van der Waals surface area (Å²) in [6, 6.07) is 0. The molecule has 2 heterocycles. The van der Waals surface area contributed by atoms with E-state index >= 15 is 0 Å². The molecule has 1 saturated heterocycles. The van der Waals surface area contributed by atoms with Crippen LogP contribution in [-0.4, -0.2) is 44.4 Å². The fourth-order valence-corrected chi connectivity index (χ4v) is 2.65. The Morgan fingerprint density at radius 3 is 2.88 bits per heavy atom. The third kappa shape index (κ3) is 2.95. The molecule has 1 fully saturated rings. The number of carbonyl (C=O) groups is 1. The first-order chi connectivity index (χ1) is 8.20. The van der Waals surface area contributed by atoms with Crippen molar-refractivity contribution in [1.29, 1.82) is 0 Å². The maximum Gasteiger partial charge on any atom is 0.311 e. The van der Waals surface area contributed by atoms with Crippen molar-refractivity contribution in [2.24, 2.45) is 0 Å². The van der Waals surface area contributed by atoms with Crippen LogP contribution in [0.15, 0.2) is 0 Å². The van der Waals surface area contributed by atoms with Crippen LogP contribution in [0.3, 0.4) is 0 Å². The topological polar surface area (TPSA) is 51.7 Å². The first kappa shape index (κ1) is 12.3. The van der Waals surface area contributed by atoms with Crippen molar-refractivity contribution in [3.63, 3.8) is 0 Å². The van der Waals surface area contributed by atoms with E-state index in [0.29, 0.717) is 0 Å². The number of anilines is 1. The van der Waals surface area contributed by atoms with E-state index in [0.717, 1.165) is 42.0 Å². The summed E-state index contributed by atoms with van der Waals surface area (Å²) in [5.41, 5.74) is 0.823. The predicted octanol–water partition coefficient (Wildman–Crippen LogP) is 1.00. The van der Waals surface area contributed by atoms with E-state index < -0.39 is 0 Å². The molecule has 0 unspecified atom stereocenters. The lowest BCUT2D eigenvalue weighted by Crippen LogP contribution is -2.36. The Hall–Kier alpha value is -1.14. The maximum atomic E-state index is 11.2. The summed E-state index contributed by atoms with van der Waals surface area (Å²) in [6.45, 7) is 5.20. The molecular formula is C11H16N2O3S. The minimum atomic E-state index is -0.244. The Bertz CT molecular complexity index is 399. The molecule has 17 heavy (non-hydrogen) atoms. The lowest BCUT2D eigenvalue weighted by Gasteiger charge is -2.26. The highest BCUT2D eigenvalue weighted by Crippen LogP contribution is 2.26. The number of thiazole rings is 1. The summed E-state index contributed by atoms with van der Waals surface area (Å²) in [5.74, 6) is -0.244. The van der Waals surface area contributed by atoms with Gasteiger partial charge in [-0.2, -0.15) is 0 Å². The number of carbonyl (C=O) groups excluding carboxylic acids is 1. The number of nitrogens with zero attached hydrogens (tertiary/aromatic N) is 2. The van der Waals surface area contributed by atoms with E-state index in [9.17, 15) is 4.79 Å². The Morgan fingerprint density at radius 1 is 1.53 bits per heavy atom. The summed E-state index contributed by atoms with van der Waals surface area (Å²) >= 11 is 1.62. The van der Waals surface area contributed by atoms with Crippen LogP contribution in [0.5, 0.6) is 0 Å². The normalized spacial score (nSPS) is 16.0. The van der Waals surface area contributed by atoms with Gasteiger partial charge in [-0.3, -0.25) is 4.79 Å². The zero-order chi connectivity index (χ0) is 12.3. The van der Waals surface area contributed by atoms with E-state index in [1.54, 1.807) is 11.3 Å². The van der Waals surface area contributed by atoms with E-state index in [2.05, 4.69) is 14.6 Å². The van der Waals surface area contributed by atoms with Gasteiger partial charge in [-0.25, -0.2) is 4.98 Å². The van der Waals surface area contributed by atoms with Crippen LogP contribution in [0.1, 0.15) is 10.6 Å². The summed E-state index contributed by atoms with van der Waals surface area (Å²) < 4.78 is 9.96. The van der Waals surface area contributed by atoms with Gasteiger partial charge in [-0.1, -0.05) is 0 Å². The first-order valence-corrected chi connectivity index (χ1v) is 6.38. The Kier molecular flexibility index (Phi) is 3.96. The summed E-state index contributed by atoms with van der Waals surface area (Å²) in [6.07, 6.45) is 0.253. The molecular weight excluding hydrogens is 240 g/mol. The van der Waals surface area contributed by atoms with Gasteiger partial charge < -0.3 is 14.4 Å². The molecule has 0 bridgehead atoms. The van der Waals surface area contributed by atoms with Crippen molar-refractivity contribution in [3.8, 4) is 0 Å². The van der Waals surface area contributed by atoms with Crippen LogP contribution in [0.2, 0.25) is 0 Å². The fourth-order valence-electron chi connectivity index (χ4n) is 1.68. The molecule has 6 heteroatoms. The van der Waals surface area contributed by atoms with Crippen LogP contribution in [0, 0.1) is 6.92 Å². The number of hydrogen-bond acceptors (Lipinski definition) is 6. The molecule has 0 atom stereocenters. The molecule has 0 spiro atoms. The molecule has 0 saturated carbocycles.